The van der Waals surface area contributed by atoms with E-state index >= 15 is 0 Å². The molecule has 1 aromatic heterocycles. The van der Waals surface area contributed by atoms with E-state index in [0.29, 0.717) is 12.2 Å². The summed E-state index contributed by atoms with van der Waals surface area (Å²) in [6.07, 6.45) is -0.0536. The van der Waals surface area contributed by atoms with Crippen molar-refractivity contribution < 1.29 is 9.90 Å². The quantitative estimate of drug-likeness (QED) is 0.742. The number of aromatic amines is 1. The van der Waals surface area contributed by atoms with E-state index in [1.54, 1.807) is 12.1 Å². The van der Waals surface area contributed by atoms with Gasteiger partial charge < -0.3 is 10.4 Å². The maximum absolute atomic E-state index is 11.7. The standard InChI is InChI=1S/C13H16N4O2/c1-2-11-15-12(17-16-11)13(19)14-8-10(18)9-6-4-3-5-7-9/h3-7,10,18H,2,8H2,1H3,(H,14,19)(H,15,16,17). The van der Waals surface area contributed by atoms with Crippen LogP contribution in [0.4, 0.5) is 0 Å². The second-order valence-corrected chi connectivity index (χ2v) is 4.10. The highest BCUT2D eigenvalue weighted by molar-refractivity contribution is 5.90. The molecule has 19 heavy (non-hydrogen) atoms. The molecular weight excluding hydrogens is 244 g/mol. The number of nitrogens with one attached hydrogen (secondary N) is 2. The van der Waals surface area contributed by atoms with E-state index in [4.69, 9.17) is 0 Å². The maximum atomic E-state index is 11.7. The van der Waals surface area contributed by atoms with Crippen molar-refractivity contribution in [3.05, 3.63) is 47.5 Å². The molecule has 0 saturated carbocycles. The van der Waals surface area contributed by atoms with E-state index in [0.717, 1.165) is 5.56 Å². The molecule has 0 aliphatic rings. The van der Waals surface area contributed by atoms with Crippen LogP contribution in [0.2, 0.25) is 0 Å². The molecule has 1 aromatic carbocycles. The summed E-state index contributed by atoms with van der Waals surface area (Å²) in [5.41, 5.74) is 0.757. The molecule has 6 nitrogen and oxygen atoms in total. The molecule has 1 atom stereocenters. The van der Waals surface area contributed by atoms with Gasteiger partial charge in [-0.2, -0.15) is 0 Å². The van der Waals surface area contributed by atoms with Crippen LogP contribution in [0.3, 0.4) is 0 Å². The number of benzene rings is 1. The van der Waals surface area contributed by atoms with Gasteiger partial charge in [-0.3, -0.25) is 9.89 Å². The second-order valence-electron chi connectivity index (χ2n) is 4.10. The number of aromatic nitrogens is 3. The molecule has 0 fully saturated rings. The average Bonchev–Trinajstić information content (AvgIpc) is 2.94. The van der Waals surface area contributed by atoms with Gasteiger partial charge >= 0.3 is 0 Å². The first-order chi connectivity index (χ1) is 9.20. The molecule has 0 radical (unpaired) electrons. The molecular formula is C13H16N4O2. The van der Waals surface area contributed by atoms with Gasteiger partial charge in [0.05, 0.1) is 6.10 Å². The molecule has 0 aliphatic heterocycles. The van der Waals surface area contributed by atoms with Crippen molar-refractivity contribution in [1.29, 1.82) is 0 Å². The number of carbonyl (C=O) groups is 1. The second kappa shape index (κ2) is 6.10. The van der Waals surface area contributed by atoms with Crippen molar-refractivity contribution >= 4 is 5.91 Å². The van der Waals surface area contributed by atoms with Crippen molar-refractivity contribution in [2.45, 2.75) is 19.4 Å². The largest absolute Gasteiger partial charge is 0.387 e. The molecule has 0 spiro atoms. The number of aliphatic hydroxyl groups is 1. The fraction of sp³-hybridized carbons (Fsp3) is 0.308. The maximum Gasteiger partial charge on any atom is 0.291 e. The molecule has 100 valence electrons. The number of rotatable bonds is 5. The van der Waals surface area contributed by atoms with E-state index in [1.165, 1.54) is 0 Å². The Balaban J connectivity index is 1.90. The molecule has 6 heteroatoms. The predicted octanol–water partition coefficient (Wildman–Crippen LogP) is 0.831. The highest BCUT2D eigenvalue weighted by Gasteiger charge is 2.14. The van der Waals surface area contributed by atoms with Crippen LogP contribution in [0.1, 0.15) is 35.0 Å². The highest BCUT2D eigenvalue weighted by atomic mass is 16.3. The number of carbonyl (C=O) groups excluding carboxylic acids is 1. The minimum absolute atomic E-state index is 0.0945. The number of hydrogen-bond donors (Lipinski definition) is 3. The molecule has 1 unspecified atom stereocenters. The third-order valence-corrected chi connectivity index (χ3v) is 2.71. The van der Waals surface area contributed by atoms with Crippen molar-refractivity contribution in [3.63, 3.8) is 0 Å². The summed E-state index contributed by atoms with van der Waals surface area (Å²) >= 11 is 0. The zero-order valence-corrected chi connectivity index (χ0v) is 10.6. The van der Waals surface area contributed by atoms with Crippen LogP contribution in [0.15, 0.2) is 30.3 Å². The van der Waals surface area contributed by atoms with Crippen molar-refractivity contribution in [2.24, 2.45) is 0 Å². The number of amides is 1. The number of H-pyrrole nitrogens is 1. The Kier molecular flexibility index (Phi) is 4.25. The van der Waals surface area contributed by atoms with Crippen molar-refractivity contribution in [2.75, 3.05) is 6.54 Å². The third-order valence-electron chi connectivity index (χ3n) is 2.71. The van der Waals surface area contributed by atoms with Gasteiger partial charge in [-0.15, -0.1) is 5.10 Å². The minimum Gasteiger partial charge on any atom is -0.387 e. The van der Waals surface area contributed by atoms with E-state index in [-0.39, 0.29) is 12.4 Å². The van der Waals surface area contributed by atoms with Gasteiger partial charge in [0.15, 0.2) is 0 Å². The van der Waals surface area contributed by atoms with Crippen LogP contribution in [0.25, 0.3) is 0 Å². The number of hydrogen-bond acceptors (Lipinski definition) is 4. The minimum atomic E-state index is -0.741. The lowest BCUT2D eigenvalue weighted by molar-refractivity contribution is 0.0906. The van der Waals surface area contributed by atoms with Crippen LogP contribution in [-0.4, -0.2) is 32.7 Å². The van der Waals surface area contributed by atoms with Gasteiger partial charge in [0.1, 0.15) is 5.82 Å². The van der Waals surface area contributed by atoms with Gasteiger partial charge in [0, 0.05) is 13.0 Å². The van der Waals surface area contributed by atoms with E-state index in [9.17, 15) is 9.90 Å². The average molecular weight is 260 g/mol. The molecule has 2 aromatic rings. The summed E-state index contributed by atoms with van der Waals surface area (Å²) in [5.74, 6) is 0.358. The van der Waals surface area contributed by atoms with E-state index < -0.39 is 12.0 Å². The lowest BCUT2D eigenvalue weighted by atomic mass is 10.1. The number of aryl methyl sites for hydroxylation is 1. The summed E-state index contributed by atoms with van der Waals surface area (Å²) < 4.78 is 0. The van der Waals surface area contributed by atoms with Crippen LogP contribution >= 0.6 is 0 Å². The summed E-state index contributed by atoms with van der Waals surface area (Å²) in [5, 5.41) is 19.0. The Hall–Kier alpha value is -2.21. The molecule has 0 aliphatic carbocycles. The fourth-order valence-electron chi connectivity index (χ4n) is 1.62. The SMILES string of the molecule is CCc1nc(C(=O)NCC(O)c2ccccc2)n[nH]1. The van der Waals surface area contributed by atoms with Gasteiger partial charge in [-0.1, -0.05) is 37.3 Å². The van der Waals surface area contributed by atoms with Crippen molar-refractivity contribution in [1.82, 2.24) is 20.5 Å². The van der Waals surface area contributed by atoms with Crippen LogP contribution in [-0.2, 0) is 6.42 Å². The van der Waals surface area contributed by atoms with Crippen LogP contribution in [0.5, 0.6) is 0 Å². The Morgan fingerprint density at radius 1 is 1.42 bits per heavy atom. The van der Waals surface area contributed by atoms with Gasteiger partial charge in [-0.05, 0) is 5.56 Å². The summed E-state index contributed by atoms with van der Waals surface area (Å²) in [6, 6.07) is 9.15. The van der Waals surface area contributed by atoms with Gasteiger partial charge in [0.2, 0.25) is 5.82 Å². The topological polar surface area (TPSA) is 90.9 Å². The fourth-order valence-corrected chi connectivity index (χ4v) is 1.62. The lowest BCUT2D eigenvalue weighted by Gasteiger charge is -2.10. The number of nitrogens with zero attached hydrogens (tertiary/aromatic N) is 2. The predicted molar refractivity (Wildman–Crippen MR) is 69.5 cm³/mol. The monoisotopic (exact) mass is 260 g/mol. The Morgan fingerprint density at radius 3 is 2.79 bits per heavy atom. The molecule has 0 saturated heterocycles. The smallest absolute Gasteiger partial charge is 0.291 e. The van der Waals surface area contributed by atoms with Gasteiger partial charge in [-0.25, -0.2) is 4.98 Å². The first-order valence-electron chi connectivity index (χ1n) is 6.13. The Morgan fingerprint density at radius 2 is 2.16 bits per heavy atom. The van der Waals surface area contributed by atoms with E-state index in [2.05, 4.69) is 20.5 Å². The molecule has 2 rings (SSSR count). The van der Waals surface area contributed by atoms with Crippen LogP contribution in [0, 0.1) is 0 Å². The molecule has 1 amide bonds. The van der Waals surface area contributed by atoms with Crippen molar-refractivity contribution in [3.8, 4) is 0 Å². The molecule has 1 heterocycles. The first-order valence-corrected chi connectivity index (χ1v) is 6.13. The normalized spacial score (nSPS) is 12.1. The first kappa shape index (κ1) is 13.2. The molecule has 0 bridgehead atoms. The van der Waals surface area contributed by atoms with Gasteiger partial charge in [0.25, 0.3) is 5.91 Å². The molecule has 3 N–H and O–H groups in total. The summed E-state index contributed by atoms with van der Waals surface area (Å²) in [6.45, 7) is 2.04. The zero-order chi connectivity index (χ0) is 13.7. The summed E-state index contributed by atoms with van der Waals surface area (Å²) in [7, 11) is 0. The lowest BCUT2D eigenvalue weighted by Crippen LogP contribution is -2.29. The Bertz CT molecular complexity index is 539. The van der Waals surface area contributed by atoms with Crippen LogP contribution < -0.4 is 5.32 Å². The zero-order valence-electron chi connectivity index (χ0n) is 10.6. The Labute approximate surface area is 110 Å². The number of aliphatic hydroxyl groups excluding tert-OH is 1. The van der Waals surface area contributed by atoms with E-state index in [1.807, 2.05) is 25.1 Å². The highest BCUT2D eigenvalue weighted by Crippen LogP contribution is 2.10. The third kappa shape index (κ3) is 3.38. The summed E-state index contributed by atoms with van der Waals surface area (Å²) in [4.78, 5) is 15.8.